The van der Waals surface area contributed by atoms with Gasteiger partial charge in [-0.1, -0.05) is 0 Å². The smallest absolute Gasteiger partial charge is 0.416 e. The van der Waals surface area contributed by atoms with Crippen LogP contribution in [-0.4, -0.2) is 27.1 Å². The van der Waals surface area contributed by atoms with E-state index in [9.17, 15) is 26.3 Å². The number of alkyl halides is 6. The summed E-state index contributed by atoms with van der Waals surface area (Å²) in [5.74, 6) is -0.804. The predicted octanol–water partition coefficient (Wildman–Crippen LogP) is 4.05. The van der Waals surface area contributed by atoms with Gasteiger partial charge in [0.15, 0.2) is 12.2 Å². The van der Waals surface area contributed by atoms with Crippen molar-refractivity contribution in [3.8, 4) is 11.4 Å². The van der Waals surface area contributed by atoms with Crippen LogP contribution in [0.25, 0.3) is 17.6 Å². The summed E-state index contributed by atoms with van der Waals surface area (Å²) in [7, 11) is 0. The number of hydrogen-bond acceptors (Lipinski definition) is 5. The fourth-order valence-electron chi connectivity index (χ4n) is 1.81. The lowest BCUT2D eigenvalue weighted by Crippen LogP contribution is -2.11. The van der Waals surface area contributed by atoms with E-state index in [-0.39, 0.29) is 11.9 Å². The summed E-state index contributed by atoms with van der Waals surface area (Å²) in [6.07, 6.45) is -6.25. The first kappa shape index (κ1) is 19.1. The molecular formula is C14H9F6N5O. The molecule has 2 N–H and O–H groups in total. The maximum Gasteiger partial charge on any atom is 0.416 e. The molecule has 0 aliphatic heterocycles. The van der Waals surface area contributed by atoms with Crippen LogP contribution in [0.2, 0.25) is 0 Å². The molecule has 1 aromatic carbocycles. The molecule has 0 fully saturated rings. The summed E-state index contributed by atoms with van der Waals surface area (Å²) in [6.45, 7) is 0. The zero-order valence-corrected chi connectivity index (χ0v) is 12.6. The van der Waals surface area contributed by atoms with E-state index < -0.39 is 34.9 Å². The molecule has 138 valence electrons. The van der Waals surface area contributed by atoms with Crippen molar-refractivity contribution in [3.05, 3.63) is 41.7 Å². The van der Waals surface area contributed by atoms with Gasteiger partial charge in [-0.15, -0.1) is 5.10 Å². The Hall–Kier alpha value is -3.18. The lowest BCUT2D eigenvalue weighted by Gasteiger charge is -2.13. The van der Waals surface area contributed by atoms with Gasteiger partial charge in [0, 0.05) is 17.8 Å². The lowest BCUT2D eigenvalue weighted by molar-refractivity contribution is -0.143. The van der Waals surface area contributed by atoms with Crippen LogP contribution < -0.4 is 0 Å². The Kier molecular flexibility index (Phi) is 5.14. The molecule has 0 amide bonds. The molecule has 0 bridgehead atoms. The van der Waals surface area contributed by atoms with Gasteiger partial charge in [-0.25, -0.2) is 9.67 Å². The molecule has 0 aliphatic rings. The number of nitrogens with zero attached hydrogens (tertiary/aromatic N) is 3. The van der Waals surface area contributed by atoms with Crippen molar-refractivity contribution >= 4 is 18.5 Å². The van der Waals surface area contributed by atoms with Gasteiger partial charge >= 0.3 is 12.4 Å². The quantitative estimate of drug-likeness (QED) is 0.479. The maximum atomic E-state index is 12.9. The van der Waals surface area contributed by atoms with Crippen LogP contribution in [0, 0.1) is 10.8 Å². The highest BCUT2D eigenvalue weighted by Gasteiger charge is 2.37. The first-order chi connectivity index (χ1) is 12.0. The predicted molar refractivity (Wildman–Crippen MR) is 78.4 cm³/mol. The molecule has 2 aromatic rings. The van der Waals surface area contributed by atoms with E-state index in [0.717, 1.165) is 23.3 Å². The minimum Gasteiger partial charge on any atom is -0.429 e. The number of ether oxygens (including phenoxy) is 1. The van der Waals surface area contributed by atoms with Crippen molar-refractivity contribution in [3.63, 3.8) is 0 Å². The second-order valence-corrected chi connectivity index (χ2v) is 4.76. The molecule has 1 aromatic heterocycles. The number of nitrogens with one attached hydrogen (secondary N) is 2. The monoisotopic (exact) mass is 377 g/mol. The average molecular weight is 377 g/mol. The van der Waals surface area contributed by atoms with E-state index in [1.807, 2.05) is 0 Å². The van der Waals surface area contributed by atoms with Gasteiger partial charge in [-0.2, -0.15) is 26.3 Å². The third kappa shape index (κ3) is 4.68. The summed E-state index contributed by atoms with van der Waals surface area (Å²) in [6, 6.07) is 1.04. The first-order valence-corrected chi connectivity index (χ1v) is 6.64. The minimum absolute atomic E-state index is 0.0103. The molecule has 0 aliphatic carbocycles. The Labute approximate surface area is 141 Å². The van der Waals surface area contributed by atoms with Crippen LogP contribution in [0.3, 0.4) is 0 Å². The number of aromatic nitrogens is 3. The molecule has 0 spiro atoms. The third-order valence-electron chi connectivity index (χ3n) is 2.92. The van der Waals surface area contributed by atoms with Crippen LogP contribution >= 0.6 is 0 Å². The molecular weight excluding hydrogens is 368 g/mol. The van der Waals surface area contributed by atoms with E-state index >= 15 is 0 Å². The SMILES string of the molecule is N=COC(=N)/C=C\n1cnc(-c2cc(C(F)(F)F)cc(C(F)(F)F)c2)n1. The Morgan fingerprint density at radius 3 is 2.12 bits per heavy atom. The molecule has 0 saturated carbocycles. The van der Waals surface area contributed by atoms with Gasteiger partial charge in [0.25, 0.3) is 0 Å². The fraction of sp³-hybridized carbons (Fsp3) is 0.143. The van der Waals surface area contributed by atoms with Gasteiger partial charge in [-0.3, -0.25) is 10.8 Å². The summed E-state index contributed by atoms with van der Waals surface area (Å²) in [4.78, 5) is 3.67. The summed E-state index contributed by atoms with van der Waals surface area (Å²) in [5, 5.41) is 17.6. The molecule has 0 atom stereocenters. The Bertz CT molecular complexity index is 820. The highest BCUT2D eigenvalue weighted by Crippen LogP contribution is 2.37. The van der Waals surface area contributed by atoms with E-state index in [0.29, 0.717) is 18.5 Å². The van der Waals surface area contributed by atoms with Gasteiger partial charge in [0.1, 0.15) is 6.33 Å². The van der Waals surface area contributed by atoms with E-state index in [1.165, 1.54) is 0 Å². The van der Waals surface area contributed by atoms with Crippen molar-refractivity contribution < 1.29 is 31.1 Å². The molecule has 0 radical (unpaired) electrons. The molecule has 6 nitrogen and oxygen atoms in total. The normalized spacial score (nSPS) is 12.4. The summed E-state index contributed by atoms with van der Waals surface area (Å²) < 4.78 is 82.5. The Morgan fingerprint density at radius 2 is 1.62 bits per heavy atom. The van der Waals surface area contributed by atoms with Gasteiger partial charge in [-0.05, 0) is 18.2 Å². The van der Waals surface area contributed by atoms with Crippen LogP contribution in [-0.2, 0) is 17.1 Å². The topological polar surface area (TPSA) is 87.6 Å². The highest BCUT2D eigenvalue weighted by molar-refractivity contribution is 5.91. The molecule has 1 heterocycles. The molecule has 2 rings (SSSR count). The van der Waals surface area contributed by atoms with Gasteiger partial charge < -0.3 is 4.74 Å². The van der Waals surface area contributed by atoms with Crippen LogP contribution in [0.1, 0.15) is 11.1 Å². The fourth-order valence-corrected chi connectivity index (χ4v) is 1.81. The van der Waals surface area contributed by atoms with Crippen molar-refractivity contribution in [1.29, 1.82) is 10.8 Å². The van der Waals surface area contributed by atoms with Crippen molar-refractivity contribution in [2.45, 2.75) is 12.4 Å². The van der Waals surface area contributed by atoms with Gasteiger partial charge in [0.2, 0.25) is 5.90 Å². The van der Waals surface area contributed by atoms with Crippen molar-refractivity contribution in [2.75, 3.05) is 0 Å². The molecule has 0 unspecified atom stereocenters. The molecule has 26 heavy (non-hydrogen) atoms. The molecule has 12 heteroatoms. The number of halogens is 6. The first-order valence-electron chi connectivity index (χ1n) is 6.64. The zero-order chi connectivity index (χ0) is 19.5. The second-order valence-electron chi connectivity index (χ2n) is 4.76. The van der Waals surface area contributed by atoms with E-state index in [2.05, 4.69) is 14.8 Å². The van der Waals surface area contributed by atoms with Crippen LogP contribution in [0.5, 0.6) is 0 Å². The summed E-state index contributed by atoms with van der Waals surface area (Å²) >= 11 is 0. The zero-order valence-electron chi connectivity index (χ0n) is 12.6. The van der Waals surface area contributed by atoms with Gasteiger partial charge in [0.05, 0.1) is 11.1 Å². The number of hydrogen-bond donors (Lipinski definition) is 2. The summed E-state index contributed by atoms with van der Waals surface area (Å²) in [5.41, 5.74) is -3.42. The van der Waals surface area contributed by atoms with Crippen molar-refractivity contribution in [2.24, 2.45) is 0 Å². The Balaban J connectivity index is 2.42. The Morgan fingerprint density at radius 1 is 1.04 bits per heavy atom. The average Bonchev–Trinajstić information content (AvgIpc) is 3.00. The van der Waals surface area contributed by atoms with Crippen LogP contribution in [0.4, 0.5) is 26.3 Å². The highest BCUT2D eigenvalue weighted by atomic mass is 19.4. The van der Waals surface area contributed by atoms with Crippen LogP contribution in [0.15, 0.2) is 30.6 Å². The van der Waals surface area contributed by atoms with E-state index in [4.69, 9.17) is 10.8 Å². The number of benzene rings is 1. The largest absolute Gasteiger partial charge is 0.429 e. The van der Waals surface area contributed by atoms with E-state index in [1.54, 1.807) is 0 Å². The minimum atomic E-state index is -4.97. The number of rotatable bonds is 4. The molecule has 0 saturated heterocycles. The standard InChI is InChI=1S/C14H9F6N5O/c15-13(16,17)9-3-8(4-10(5-9)14(18,19)20)12-23-7-25(24-12)2-1-11(22)26-6-21/h1-7,21-22H/b2-1-,21-6?,22-11?. The lowest BCUT2D eigenvalue weighted by atomic mass is 10.0. The third-order valence-corrected chi connectivity index (χ3v) is 2.92. The second kappa shape index (κ2) is 6.98. The van der Waals surface area contributed by atoms with Crippen molar-refractivity contribution in [1.82, 2.24) is 14.8 Å². The maximum absolute atomic E-state index is 12.9.